The van der Waals surface area contributed by atoms with Gasteiger partial charge in [0.15, 0.2) is 10.8 Å². The lowest BCUT2D eigenvalue weighted by atomic mass is 10.0. The maximum Gasteiger partial charge on any atom is 0.352 e. The van der Waals surface area contributed by atoms with Crippen molar-refractivity contribution < 1.29 is 29.1 Å². The Morgan fingerprint density at radius 3 is 2.93 bits per heavy atom. The molecule has 148 valence electrons. The zero-order chi connectivity index (χ0) is 20.4. The van der Waals surface area contributed by atoms with E-state index < -0.39 is 29.2 Å². The minimum Gasteiger partial charge on any atom is -0.477 e. The van der Waals surface area contributed by atoms with E-state index in [9.17, 15) is 24.3 Å². The molecule has 2 atom stereocenters. The van der Waals surface area contributed by atoms with E-state index in [0.717, 1.165) is 16.2 Å². The van der Waals surface area contributed by atoms with Crippen molar-refractivity contribution in [1.29, 1.82) is 0 Å². The fourth-order valence-corrected chi connectivity index (χ4v) is 5.17. The number of thiazole rings is 1. The molecule has 3 N–H and O–H groups in total. The van der Waals surface area contributed by atoms with Crippen molar-refractivity contribution in [1.82, 2.24) is 15.2 Å². The molecular weight excluding hydrogens is 478 g/mol. The summed E-state index contributed by atoms with van der Waals surface area (Å²) in [6.07, 6.45) is 1.89. The number of oxime groups is 1. The van der Waals surface area contributed by atoms with Crippen LogP contribution in [0.1, 0.15) is 5.69 Å². The van der Waals surface area contributed by atoms with Gasteiger partial charge in [-0.25, -0.2) is 9.78 Å². The van der Waals surface area contributed by atoms with Gasteiger partial charge in [0.1, 0.15) is 33.7 Å². The summed E-state index contributed by atoms with van der Waals surface area (Å²) in [7, 11) is 1.25. The van der Waals surface area contributed by atoms with Gasteiger partial charge in [-0.1, -0.05) is 16.5 Å². The number of nitrogens with one attached hydrogen (secondary N) is 2. The number of β-lactam (4-membered cyclic amide) rings is 1. The lowest BCUT2D eigenvalue weighted by Crippen LogP contribution is -2.70. The Morgan fingerprint density at radius 1 is 1.54 bits per heavy atom. The molecule has 14 heteroatoms. The molecule has 1 saturated heterocycles. The maximum atomic E-state index is 12.7. The number of aliphatic carboxylic acids is 1. The monoisotopic (exact) mass is 489 g/mol. The summed E-state index contributed by atoms with van der Waals surface area (Å²) in [5, 5.41) is 17.5. The number of carboxylic acids is 1. The molecule has 2 aliphatic heterocycles. The molecule has 0 bridgehead atoms. The van der Waals surface area contributed by atoms with Crippen molar-refractivity contribution in [3.8, 4) is 0 Å². The van der Waals surface area contributed by atoms with Crippen molar-refractivity contribution >= 4 is 74.1 Å². The van der Waals surface area contributed by atoms with Crippen molar-refractivity contribution in [2.24, 2.45) is 5.16 Å². The van der Waals surface area contributed by atoms with Gasteiger partial charge < -0.3 is 20.6 Å². The third-order valence-corrected chi connectivity index (χ3v) is 6.56. The third-order valence-electron chi connectivity index (χ3n) is 3.74. The number of nitrogens with zero attached hydrogens (tertiary/aromatic N) is 3. The van der Waals surface area contributed by atoms with Crippen LogP contribution in [-0.4, -0.2) is 69.2 Å². The molecule has 3 heterocycles. The van der Waals surface area contributed by atoms with Gasteiger partial charge in [-0.15, -0.1) is 11.8 Å². The standard InChI is InChI=1S/C14H12BrN5O6S2/c1-26-19-7(6-9(15)28-14(18-6)16-4-21)10(22)17-8-11(23)20-5(13(24)25)2-3-27-12(8)20/h2,4,8,12H,3H2,1H3,(H,17,22)(H,24,25)(H,16,18,21)/b19-7-/t8?,12-/m1/s1. The van der Waals surface area contributed by atoms with E-state index in [1.54, 1.807) is 0 Å². The molecule has 1 unspecified atom stereocenters. The number of anilines is 1. The third kappa shape index (κ3) is 3.62. The smallest absolute Gasteiger partial charge is 0.352 e. The van der Waals surface area contributed by atoms with Crippen LogP contribution in [0.5, 0.6) is 0 Å². The van der Waals surface area contributed by atoms with Gasteiger partial charge in [0, 0.05) is 5.75 Å². The minimum atomic E-state index is -1.20. The lowest BCUT2D eigenvalue weighted by Gasteiger charge is -2.48. The Balaban J connectivity index is 1.79. The van der Waals surface area contributed by atoms with Crippen LogP contribution in [0.25, 0.3) is 0 Å². The highest BCUT2D eigenvalue weighted by Crippen LogP contribution is 2.37. The summed E-state index contributed by atoms with van der Waals surface area (Å²) in [6, 6.07) is -0.910. The summed E-state index contributed by atoms with van der Waals surface area (Å²) in [4.78, 5) is 56.9. The zero-order valence-corrected chi connectivity index (χ0v) is 17.3. The van der Waals surface area contributed by atoms with Crippen molar-refractivity contribution in [3.05, 3.63) is 21.3 Å². The number of rotatable bonds is 7. The Labute approximate surface area is 174 Å². The van der Waals surface area contributed by atoms with Crippen LogP contribution in [0.15, 0.2) is 20.7 Å². The minimum absolute atomic E-state index is 0.100. The molecule has 0 saturated carbocycles. The first-order chi connectivity index (χ1) is 13.4. The number of carbonyl (C=O) groups is 4. The molecular formula is C14H12BrN5O6S2. The number of halogens is 1. The molecule has 2 aliphatic rings. The number of thioether (sulfide) groups is 1. The summed E-state index contributed by atoms with van der Waals surface area (Å²) < 4.78 is 0.424. The fraction of sp³-hybridized carbons (Fsp3) is 0.286. The van der Waals surface area contributed by atoms with Crippen LogP contribution in [0.2, 0.25) is 0 Å². The van der Waals surface area contributed by atoms with Gasteiger partial charge in [-0.05, 0) is 22.0 Å². The van der Waals surface area contributed by atoms with E-state index in [-0.39, 0.29) is 22.2 Å². The first-order valence-electron chi connectivity index (χ1n) is 7.56. The van der Waals surface area contributed by atoms with Crippen LogP contribution in [-0.2, 0) is 24.0 Å². The van der Waals surface area contributed by atoms with Gasteiger partial charge in [0.2, 0.25) is 6.41 Å². The fourth-order valence-electron chi connectivity index (χ4n) is 2.59. The topological polar surface area (TPSA) is 150 Å². The SMILES string of the molecule is CO/N=C(\C(=O)NC1C(=O)N2C(C(=O)O)=CCS[C@H]12)c1nc(NC=O)sc1Br. The predicted molar refractivity (Wildman–Crippen MR) is 104 cm³/mol. The number of aromatic nitrogens is 1. The second-order valence-corrected chi connectivity index (χ2v) is 8.77. The van der Waals surface area contributed by atoms with E-state index in [2.05, 4.69) is 36.7 Å². The Bertz CT molecular complexity index is 916. The van der Waals surface area contributed by atoms with Crippen LogP contribution >= 0.6 is 39.0 Å². The molecule has 1 aromatic heterocycles. The van der Waals surface area contributed by atoms with Crippen LogP contribution in [0.3, 0.4) is 0 Å². The Morgan fingerprint density at radius 2 is 2.29 bits per heavy atom. The molecule has 28 heavy (non-hydrogen) atoms. The number of hydrogen-bond donors (Lipinski definition) is 3. The maximum absolute atomic E-state index is 12.7. The van der Waals surface area contributed by atoms with E-state index in [0.29, 0.717) is 15.9 Å². The first kappa shape index (κ1) is 20.3. The second kappa shape index (κ2) is 8.28. The molecule has 1 aromatic rings. The van der Waals surface area contributed by atoms with Crippen molar-refractivity contribution in [2.45, 2.75) is 11.4 Å². The molecule has 3 rings (SSSR count). The summed E-state index contributed by atoms with van der Waals surface area (Å²) in [6.45, 7) is 0. The highest BCUT2D eigenvalue weighted by molar-refractivity contribution is 9.11. The van der Waals surface area contributed by atoms with E-state index in [4.69, 9.17) is 4.84 Å². The second-order valence-electron chi connectivity index (χ2n) is 5.30. The molecule has 1 fully saturated rings. The van der Waals surface area contributed by atoms with E-state index >= 15 is 0 Å². The molecule has 11 nitrogen and oxygen atoms in total. The number of hydrogen-bond acceptors (Lipinski definition) is 9. The number of carboxylic acid groups (broad SMARTS) is 1. The highest BCUT2D eigenvalue weighted by Gasteiger charge is 2.53. The van der Waals surface area contributed by atoms with Crippen LogP contribution < -0.4 is 10.6 Å². The predicted octanol–water partition coefficient (Wildman–Crippen LogP) is 0.193. The lowest BCUT2D eigenvalue weighted by molar-refractivity contribution is -0.150. The Hall–Kier alpha value is -2.45. The van der Waals surface area contributed by atoms with Crippen LogP contribution in [0.4, 0.5) is 5.13 Å². The summed E-state index contributed by atoms with van der Waals surface area (Å²) in [5.74, 6) is -2.06. The molecule has 0 spiro atoms. The Kier molecular flexibility index (Phi) is 6.00. The average Bonchev–Trinajstić information content (AvgIpc) is 3.03. The summed E-state index contributed by atoms with van der Waals surface area (Å²) in [5.41, 5.74) is -0.178. The van der Waals surface area contributed by atoms with Gasteiger partial charge in [-0.2, -0.15) is 0 Å². The highest BCUT2D eigenvalue weighted by atomic mass is 79.9. The molecule has 3 amide bonds. The van der Waals surface area contributed by atoms with Gasteiger partial charge >= 0.3 is 5.97 Å². The number of amides is 3. The average molecular weight is 490 g/mol. The van der Waals surface area contributed by atoms with Gasteiger partial charge in [-0.3, -0.25) is 19.3 Å². The number of fused-ring (bicyclic) bond motifs is 1. The van der Waals surface area contributed by atoms with Gasteiger partial charge in [0.05, 0.1) is 0 Å². The summed E-state index contributed by atoms with van der Waals surface area (Å²) >= 11 is 5.64. The molecule has 0 aliphatic carbocycles. The van der Waals surface area contributed by atoms with Gasteiger partial charge in [0.25, 0.3) is 11.8 Å². The molecule has 0 radical (unpaired) electrons. The van der Waals surface area contributed by atoms with Crippen molar-refractivity contribution in [2.75, 3.05) is 18.2 Å². The largest absolute Gasteiger partial charge is 0.477 e. The molecule has 0 aromatic carbocycles. The zero-order valence-electron chi connectivity index (χ0n) is 14.0. The van der Waals surface area contributed by atoms with E-state index in [1.165, 1.54) is 24.9 Å². The quantitative estimate of drug-likeness (QED) is 0.212. The number of carbonyl (C=O) groups excluding carboxylic acids is 3. The van der Waals surface area contributed by atoms with Crippen molar-refractivity contribution in [3.63, 3.8) is 0 Å². The van der Waals surface area contributed by atoms with E-state index in [1.807, 2.05) is 0 Å². The first-order valence-corrected chi connectivity index (χ1v) is 10.2. The normalized spacial score (nSPS) is 21.2. The van der Waals surface area contributed by atoms with Crippen LogP contribution in [0, 0.1) is 0 Å².